The number of hydrogen-bond donors (Lipinski definition) is 2. The van der Waals surface area contributed by atoms with Gasteiger partial charge in [0.25, 0.3) is 0 Å². The van der Waals surface area contributed by atoms with E-state index in [0.29, 0.717) is 13.0 Å². The highest BCUT2D eigenvalue weighted by Crippen LogP contribution is 2.05. The van der Waals surface area contributed by atoms with Gasteiger partial charge in [-0.05, 0) is 12.0 Å². The Labute approximate surface area is 124 Å². The van der Waals surface area contributed by atoms with Crippen LogP contribution in [0, 0.1) is 0 Å². The van der Waals surface area contributed by atoms with Crippen LogP contribution in [0.1, 0.15) is 30.9 Å². The van der Waals surface area contributed by atoms with Gasteiger partial charge in [-0.25, -0.2) is 0 Å². The van der Waals surface area contributed by atoms with E-state index in [-0.39, 0.29) is 0 Å². The Morgan fingerprint density at radius 2 is 2.10 bits per heavy atom. The highest BCUT2D eigenvalue weighted by Gasteiger charge is 2.15. The average molecular weight is 287 g/mol. The van der Waals surface area contributed by atoms with Crippen molar-refractivity contribution in [1.82, 2.24) is 15.1 Å². The van der Waals surface area contributed by atoms with Gasteiger partial charge < -0.3 is 10.4 Å². The number of carboxylic acids is 1. The van der Waals surface area contributed by atoms with Gasteiger partial charge in [0.05, 0.1) is 12.7 Å². The molecule has 1 atom stereocenters. The molecule has 0 aliphatic rings. The normalized spacial score (nSPS) is 12.2. The lowest BCUT2D eigenvalue weighted by atomic mass is 10.1. The summed E-state index contributed by atoms with van der Waals surface area (Å²) in [5.74, 6) is -0.798. The molecule has 0 aliphatic carbocycles. The number of hydrogen-bond acceptors (Lipinski definition) is 3. The van der Waals surface area contributed by atoms with Crippen molar-refractivity contribution in [2.75, 3.05) is 0 Å². The molecule has 21 heavy (non-hydrogen) atoms. The summed E-state index contributed by atoms with van der Waals surface area (Å²) in [5.41, 5.74) is 2.18. The van der Waals surface area contributed by atoms with Crippen molar-refractivity contribution in [1.29, 1.82) is 0 Å². The Bertz CT molecular complexity index is 566. The van der Waals surface area contributed by atoms with Crippen LogP contribution in [0.25, 0.3) is 0 Å². The third kappa shape index (κ3) is 4.72. The molecule has 0 radical (unpaired) electrons. The van der Waals surface area contributed by atoms with E-state index in [0.717, 1.165) is 18.5 Å². The number of carboxylic acid groups (broad SMARTS) is 1. The summed E-state index contributed by atoms with van der Waals surface area (Å²) < 4.78 is 1.86. The molecule has 2 aromatic rings. The summed E-state index contributed by atoms with van der Waals surface area (Å²) in [5, 5.41) is 16.5. The van der Waals surface area contributed by atoms with Crippen LogP contribution in [0.3, 0.4) is 0 Å². The molecule has 112 valence electrons. The maximum atomic E-state index is 11.1. The van der Waals surface area contributed by atoms with E-state index in [1.54, 1.807) is 6.20 Å². The van der Waals surface area contributed by atoms with E-state index in [2.05, 4.69) is 22.5 Å². The summed E-state index contributed by atoms with van der Waals surface area (Å²) in [7, 11) is 0. The van der Waals surface area contributed by atoms with Gasteiger partial charge >= 0.3 is 5.97 Å². The van der Waals surface area contributed by atoms with E-state index in [1.165, 1.54) is 5.56 Å². The molecule has 0 amide bonds. The zero-order valence-electron chi connectivity index (χ0n) is 12.2. The van der Waals surface area contributed by atoms with Gasteiger partial charge in [-0.15, -0.1) is 0 Å². The molecule has 5 heteroatoms. The summed E-state index contributed by atoms with van der Waals surface area (Å²) in [4.78, 5) is 11.1. The maximum absolute atomic E-state index is 11.1. The molecule has 1 aromatic carbocycles. The Morgan fingerprint density at radius 1 is 1.33 bits per heavy atom. The SMILES string of the molecule is CCCC(NCc1cnn(Cc2ccccc2)c1)C(=O)O. The average Bonchev–Trinajstić information content (AvgIpc) is 2.92. The lowest BCUT2D eigenvalue weighted by molar-refractivity contribution is -0.139. The van der Waals surface area contributed by atoms with Gasteiger partial charge in [-0.1, -0.05) is 43.7 Å². The fourth-order valence-electron chi connectivity index (χ4n) is 2.20. The van der Waals surface area contributed by atoms with E-state index >= 15 is 0 Å². The van der Waals surface area contributed by atoms with Crippen molar-refractivity contribution in [3.8, 4) is 0 Å². The molecular weight excluding hydrogens is 266 g/mol. The molecule has 0 spiro atoms. The highest BCUT2D eigenvalue weighted by atomic mass is 16.4. The topological polar surface area (TPSA) is 67.2 Å². The number of aliphatic carboxylic acids is 1. The van der Waals surface area contributed by atoms with Crippen molar-refractivity contribution in [3.63, 3.8) is 0 Å². The Hall–Kier alpha value is -2.14. The second-order valence-electron chi connectivity index (χ2n) is 5.09. The summed E-state index contributed by atoms with van der Waals surface area (Å²) in [6.45, 7) is 3.22. The van der Waals surface area contributed by atoms with E-state index in [4.69, 9.17) is 5.11 Å². The first kappa shape index (κ1) is 15.3. The number of aromatic nitrogens is 2. The van der Waals surface area contributed by atoms with Crippen LogP contribution in [-0.2, 0) is 17.9 Å². The monoisotopic (exact) mass is 287 g/mol. The maximum Gasteiger partial charge on any atom is 0.320 e. The first-order valence-electron chi connectivity index (χ1n) is 7.20. The number of carbonyl (C=O) groups is 1. The van der Waals surface area contributed by atoms with Crippen molar-refractivity contribution < 1.29 is 9.90 Å². The summed E-state index contributed by atoms with van der Waals surface area (Å²) >= 11 is 0. The summed E-state index contributed by atoms with van der Waals surface area (Å²) in [6.07, 6.45) is 5.20. The van der Waals surface area contributed by atoms with Crippen LogP contribution in [-0.4, -0.2) is 26.9 Å². The smallest absolute Gasteiger partial charge is 0.320 e. The molecule has 0 fully saturated rings. The number of nitrogens with zero attached hydrogens (tertiary/aromatic N) is 2. The molecule has 0 aliphatic heterocycles. The van der Waals surface area contributed by atoms with Gasteiger partial charge in [-0.2, -0.15) is 5.10 Å². The summed E-state index contributed by atoms with van der Waals surface area (Å²) in [6, 6.07) is 9.62. The molecule has 0 bridgehead atoms. The number of benzene rings is 1. The molecule has 2 rings (SSSR count). The number of rotatable bonds is 8. The Kier molecular flexibility index (Phi) is 5.51. The highest BCUT2D eigenvalue weighted by molar-refractivity contribution is 5.73. The van der Waals surface area contributed by atoms with E-state index < -0.39 is 12.0 Å². The van der Waals surface area contributed by atoms with Crippen molar-refractivity contribution in [3.05, 3.63) is 53.9 Å². The van der Waals surface area contributed by atoms with Crippen molar-refractivity contribution in [2.45, 2.75) is 38.9 Å². The van der Waals surface area contributed by atoms with Crippen LogP contribution < -0.4 is 5.32 Å². The van der Waals surface area contributed by atoms with Crippen LogP contribution in [0.2, 0.25) is 0 Å². The van der Waals surface area contributed by atoms with E-state index in [9.17, 15) is 4.79 Å². The molecule has 0 saturated heterocycles. The third-order valence-corrected chi connectivity index (χ3v) is 3.30. The predicted molar refractivity (Wildman–Crippen MR) is 80.9 cm³/mol. The molecule has 2 N–H and O–H groups in total. The van der Waals surface area contributed by atoms with Gasteiger partial charge in [0, 0.05) is 18.3 Å². The van der Waals surface area contributed by atoms with Crippen LogP contribution in [0.15, 0.2) is 42.7 Å². The first-order valence-corrected chi connectivity index (χ1v) is 7.20. The van der Waals surface area contributed by atoms with Gasteiger partial charge in [0.2, 0.25) is 0 Å². The van der Waals surface area contributed by atoms with E-state index in [1.807, 2.05) is 36.0 Å². The Morgan fingerprint density at radius 3 is 2.76 bits per heavy atom. The van der Waals surface area contributed by atoms with Gasteiger partial charge in [0.1, 0.15) is 6.04 Å². The lowest BCUT2D eigenvalue weighted by Gasteiger charge is -2.12. The second kappa shape index (κ2) is 7.59. The quantitative estimate of drug-likeness (QED) is 0.781. The fraction of sp³-hybridized carbons (Fsp3) is 0.375. The Balaban J connectivity index is 1.89. The predicted octanol–water partition coefficient (Wildman–Crippen LogP) is 2.27. The second-order valence-corrected chi connectivity index (χ2v) is 5.09. The van der Waals surface area contributed by atoms with Crippen LogP contribution in [0.4, 0.5) is 0 Å². The zero-order chi connectivity index (χ0) is 15.1. The zero-order valence-corrected chi connectivity index (χ0v) is 12.2. The van der Waals surface area contributed by atoms with Crippen molar-refractivity contribution in [2.24, 2.45) is 0 Å². The lowest BCUT2D eigenvalue weighted by Crippen LogP contribution is -2.35. The van der Waals surface area contributed by atoms with Crippen LogP contribution in [0.5, 0.6) is 0 Å². The van der Waals surface area contributed by atoms with Crippen molar-refractivity contribution >= 4 is 5.97 Å². The fourth-order valence-corrected chi connectivity index (χ4v) is 2.20. The standard InChI is InChI=1S/C16H21N3O2/c1-2-6-15(16(20)21)17-9-14-10-18-19(12-14)11-13-7-4-3-5-8-13/h3-5,7-8,10,12,15,17H,2,6,9,11H2,1H3,(H,20,21). The first-order chi connectivity index (χ1) is 10.2. The molecule has 0 saturated carbocycles. The molecule has 1 aromatic heterocycles. The molecular formula is C16H21N3O2. The molecule has 1 heterocycles. The minimum absolute atomic E-state index is 0.493. The molecule has 5 nitrogen and oxygen atoms in total. The van der Waals surface area contributed by atoms with Gasteiger partial charge in [0.15, 0.2) is 0 Å². The largest absolute Gasteiger partial charge is 0.480 e. The minimum atomic E-state index is -0.798. The number of nitrogens with one attached hydrogen (secondary N) is 1. The third-order valence-electron chi connectivity index (χ3n) is 3.30. The minimum Gasteiger partial charge on any atom is -0.480 e. The molecule has 1 unspecified atom stereocenters. The van der Waals surface area contributed by atoms with Crippen LogP contribution >= 0.6 is 0 Å². The van der Waals surface area contributed by atoms with Gasteiger partial charge in [-0.3, -0.25) is 9.48 Å².